The van der Waals surface area contributed by atoms with Crippen molar-refractivity contribution in [3.8, 4) is 0 Å². The van der Waals surface area contributed by atoms with Gasteiger partial charge in [-0.1, -0.05) is 18.2 Å². The highest BCUT2D eigenvalue weighted by molar-refractivity contribution is 7.99. The Bertz CT molecular complexity index is 411. The molecule has 1 aromatic carbocycles. The standard InChI is InChI=1S/C15H21NOS/c1-17-15(8-4-9-15)11-16-13-7-10-18-14-6-3-2-5-12(13)14/h2-3,5-6,13,16H,4,7-11H2,1H3. The van der Waals surface area contributed by atoms with E-state index in [4.69, 9.17) is 4.74 Å². The van der Waals surface area contributed by atoms with Gasteiger partial charge in [-0.3, -0.25) is 0 Å². The summed E-state index contributed by atoms with van der Waals surface area (Å²) in [5, 5.41) is 3.73. The van der Waals surface area contributed by atoms with Crippen LogP contribution in [-0.2, 0) is 4.74 Å². The van der Waals surface area contributed by atoms with Gasteiger partial charge in [0.15, 0.2) is 0 Å². The highest BCUT2D eigenvalue weighted by atomic mass is 32.2. The molecule has 0 amide bonds. The lowest BCUT2D eigenvalue weighted by atomic mass is 9.79. The smallest absolute Gasteiger partial charge is 0.0802 e. The molecule has 2 aliphatic rings. The predicted octanol–water partition coefficient (Wildman–Crippen LogP) is 3.38. The number of hydrogen-bond acceptors (Lipinski definition) is 3. The lowest BCUT2D eigenvalue weighted by Gasteiger charge is -2.42. The summed E-state index contributed by atoms with van der Waals surface area (Å²) in [6.45, 7) is 0.993. The number of benzene rings is 1. The SMILES string of the molecule is COC1(CNC2CCSc3ccccc32)CCC1. The van der Waals surface area contributed by atoms with Gasteiger partial charge in [-0.2, -0.15) is 0 Å². The fourth-order valence-corrected chi connectivity index (χ4v) is 4.01. The molecule has 0 spiro atoms. The molecule has 0 saturated heterocycles. The number of nitrogens with one attached hydrogen (secondary N) is 1. The van der Waals surface area contributed by atoms with Gasteiger partial charge in [-0.05, 0) is 43.1 Å². The molecule has 18 heavy (non-hydrogen) atoms. The first-order chi connectivity index (χ1) is 8.83. The van der Waals surface area contributed by atoms with Gasteiger partial charge in [0, 0.05) is 24.6 Å². The van der Waals surface area contributed by atoms with Crippen LogP contribution in [0.4, 0.5) is 0 Å². The van der Waals surface area contributed by atoms with Crippen LogP contribution in [0.5, 0.6) is 0 Å². The molecule has 2 nitrogen and oxygen atoms in total. The minimum atomic E-state index is 0.125. The summed E-state index contributed by atoms with van der Waals surface area (Å²) in [6.07, 6.45) is 4.95. The average molecular weight is 263 g/mol. The zero-order chi connectivity index (χ0) is 12.4. The second-order valence-corrected chi connectivity index (χ2v) is 6.49. The van der Waals surface area contributed by atoms with Gasteiger partial charge in [0.1, 0.15) is 0 Å². The Labute approximate surface area is 113 Å². The van der Waals surface area contributed by atoms with E-state index in [0.29, 0.717) is 6.04 Å². The number of rotatable bonds is 4. The molecule has 1 fully saturated rings. The van der Waals surface area contributed by atoms with E-state index in [2.05, 4.69) is 29.6 Å². The van der Waals surface area contributed by atoms with Gasteiger partial charge in [0.2, 0.25) is 0 Å². The molecular formula is C15H21NOS. The number of thioether (sulfide) groups is 1. The molecule has 1 saturated carbocycles. The first-order valence-electron chi connectivity index (χ1n) is 6.83. The van der Waals surface area contributed by atoms with Crippen LogP contribution in [-0.4, -0.2) is 25.0 Å². The Morgan fingerprint density at radius 3 is 2.94 bits per heavy atom. The monoisotopic (exact) mass is 263 g/mol. The Hall–Kier alpha value is -0.510. The van der Waals surface area contributed by atoms with E-state index in [1.54, 1.807) is 0 Å². The van der Waals surface area contributed by atoms with Crippen molar-refractivity contribution in [2.24, 2.45) is 0 Å². The van der Waals surface area contributed by atoms with E-state index in [-0.39, 0.29) is 5.60 Å². The Balaban J connectivity index is 1.67. The third-order valence-electron chi connectivity index (χ3n) is 4.33. The van der Waals surface area contributed by atoms with Gasteiger partial charge in [0.05, 0.1) is 5.60 Å². The van der Waals surface area contributed by atoms with Crippen molar-refractivity contribution in [3.05, 3.63) is 29.8 Å². The van der Waals surface area contributed by atoms with Gasteiger partial charge >= 0.3 is 0 Å². The van der Waals surface area contributed by atoms with Crippen molar-refractivity contribution in [3.63, 3.8) is 0 Å². The number of hydrogen-bond donors (Lipinski definition) is 1. The van der Waals surface area contributed by atoms with Gasteiger partial charge in [-0.25, -0.2) is 0 Å². The highest BCUT2D eigenvalue weighted by Crippen LogP contribution is 2.38. The Kier molecular flexibility index (Phi) is 3.64. The predicted molar refractivity (Wildman–Crippen MR) is 76.1 cm³/mol. The lowest BCUT2D eigenvalue weighted by molar-refractivity contribution is -0.0710. The van der Waals surface area contributed by atoms with Crippen molar-refractivity contribution in [2.45, 2.75) is 42.2 Å². The second-order valence-electron chi connectivity index (χ2n) is 5.35. The topological polar surface area (TPSA) is 21.3 Å². The third kappa shape index (κ3) is 2.31. The van der Waals surface area contributed by atoms with Crippen LogP contribution in [0.2, 0.25) is 0 Å². The summed E-state index contributed by atoms with van der Waals surface area (Å²) < 4.78 is 5.69. The molecule has 0 radical (unpaired) electrons. The van der Waals surface area contributed by atoms with Crippen LogP contribution in [0, 0.1) is 0 Å². The Morgan fingerprint density at radius 2 is 2.22 bits per heavy atom. The van der Waals surface area contributed by atoms with E-state index in [1.165, 1.54) is 41.9 Å². The first kappa shape index (κ1) is 12.5. The van der Waals surface area contributed by atoms with Crippen molar-refractivity contribution >= 4 is 11.8 Å². The van der Waals surface area contributed by atoms with E-state index < -0.39 is 0 Å². The molecule has 1 atom stereocenters. The number of methoxy groups -OCH3 is 1. The summed E-state index contributed by atoms with van der Waals surface area (Å²) in [5.41, 5.74) is 1.60. The average Bonchev–Trinajstić information content (AvgIpc) is 2.38. The van der Waals surface area contributed by atoms with Crippen LogP contribution >= 0.6 is 11.8 Å². The number of ether oxygens (including phenoxy) is 1. The van der Waals surface area contributed by atoms with Crippen molar-refractivity contribution in [1.82, 2.24) is 5.32 Å². The van der Waals surface area contributed by atoms with Crippen molar-refractivity contribution in [2.75, 3.05) is 19.4 Å². The van der Waals surface area contributed by atoms with Crippen LogP contribution in [0.1, 0.15) is 37.3 Å². The highest BCUT2D eigenvalue weighted by Gasteiger charge is 2.37. The zero-order valence-electron chi connectivity index (χ0n) is 10.9. The maximum Gasteiger partial charge on any atom is 0.0802 e. The fourth-order valence-electron chi connectivity index (χ4n) is 2.89. The molecule has 1 unspecified atom stereocenters. The van der Waals surface area contributed by atoms with E-state index in [9.17, 15) is 0 Å². The maximum absolute atomic E-state index is 5.69. The maximum atomic E-state index is 5.69. The molecule has 3 rings (SSSR count). The molecule has 1 heterocycles. The summed E-state index contributed by atoms with van der Waals surface area (Å²) in [5.74, 6) is 1.22. The van der Waals surface area contributed by atoms with E-state index in [0.717, 1.165) is 6.54 Å². The molecule has 3 heteroatoms. The van der Waals surface area contributed by atoms with Crippen LogP contribution < -0.4 is 5.32 Å². The van der Waals surface area contributed by atoms with Crippen molar-refractivity contribution < 1.29 is 4.74 Å². The molecular weight excluding hydrogens is 242 g/mol. The quantitative estimate of drug-likeness (QED) is 0.900. The molecule has 1 aromatic rings. The molecule has 0 aromatic heterocycles. The van der Waals surface area contributed by atoms with Gasteiger partial charge < -0.3 is 10.1 Å². The molecule has 1 aliphatic heterocycles. The molecule has 98 valence electrons. The summed E-state index contributed by atoms with van der Waals surface area (Å²) in [4.78, 5) is 1.45. The van der Waals surface area contributed by atoms with Crippen LogP contribution in [0.25, 0.3) is 0 Å². The summed E-state index contributed by atoms with van der Waals surface area (Å²) in [7, 11) is 1.85. The summed E-state index contributed by atoms with van der Waals surface area (Å²) in [6, 6.07) is 9.30. The normalized spacial score (nSPS) is 25.3. The second kappa shape index (κ2) is 5.24. The van der Waals surface area contributed by atoms with Crippen LogP contribution in [0.3, 0.4) is 0 Å². The van der Waals surface area contributed by atoms with E-state index >= 15 is 0 Å². The summed E-state index contributed by atoms with van der Waals surface area (Å²) >= 11 is 1.98. The fraction of sp³-hybridized carbons (Fsp3) is 0.600. The van der Waals surface area contributed by atoms with Crippen LogP contribution in [0.15, 0.2) is 29.2 Å². The molecule has 1 N–H and O–H groups in total. The lowest BCUT2D eigenvalue weighted by Crippen LogP contribution is -2.49. The number of fused-ring (bicyclic) bond motifs is 1. The minimum Gasteiger partial charge on any atom is -0.377 e. The third-order valence-corrected chi connectivity index (χ3v) is 5.45. The van der Waals surface area contributed by atoms with E-state index in [1.807, 2.05) is 18.9 Å². The Morgan fingerprint density at radius 1 is 1.39 bits per heavy atom. The zero-order valence-corrected chi connectivity index (χ0v) is 11.8. The minimum absolute atomic E-state index is 0.125. The largest absolute Gasteiger partial charge is 0.377 e. The first-order valence-corrected chi connectivity index (χ1v) is 7.82. The van der Waals surface area contributed by atoms with Crippen molar-refractivity contribution in [1.29, 1.82) is 0 Å². The molecule has 1 aliphatic carbocycles. The van der Waals surface area contributed by atoms with Gasteiger partial charge in [-0.15, -0.1) is 11.8 Å². The molecule has 0 bridgehead atoms. The van der Waals surface area contributed by atoms with Gasteiger partial charge in [0.25, 0.3) is 0 Å².